The molecular formula is C25H34FIN4O2. The van der Waals surface area contributed by atoms with E-state index in [0.717, 1.165) is 49.9 Å². The third kappa shape index (κ3) is 6.50. The Bertz CT molecular complexity index is 927. The van der Waals surface area contributed by atoms with Gasteiger partial charge >= 0.3 is 0 Å². The van der Waals surface area contributed by atoms with Crippen molar-refractivity contribution < 1.29 is 13.9 Å². The predicted molar refractivity (Wildman–Crippen MR) is 141 cm³/mol. The molecule has 1 N–H and O–H groups in total. The summed E-state index contributed by atoms with van der Waals surface area (Å²) in [5, 5.41) is 3.59. The number of guanidine groups is 1. The van der Waals surface area contributed by atoms with E-state index in [0.29, 0.717) is 12.5 Å². The Morgan fingerprint density at radius 3 is 2.70 bits per heavy atom. The van der Waals surface area contributed by atoms with Gasteiger partial charge in [-0.15, -0.1) is 24.0 Å². The number of aliphatic imine (C=N–C) groups is 1. The minimum Gasteiger partial charge on any atom is -0.497 e. The molecule has 33 heavy (non-hydrogen) atoms. The van der Waals surface area contributed by atoms with Gasteiger partial charge in [-0.1, -0.05) is 18.2 Å². The van der Waals surface area contributed by atoms with Gasteiger partial charge in [0.1, 0.15) is 17.7 Å². The Morgan fingerprint density at radius 1 is 1.18 bits per heavy atom. The predicted octanol–water partition coefficient (Wildman–Crippen LogP) is 4.32. The summed E-state index contributed by atoms with van der Waals surface area (Å²) in [4.78, 5) is 9.20. The highest BCUT2D eigenvalue weighted by Crippen LogP contribution is 2.28. The van der Waals surface area contributed by atoms with Crippen LogP contribution >= 0.6 is 24.0 Å². The zero-order valence-corrected chi connectivity index (χ0v) is 21.9. The second kappa shape index (κ2) is 11.9. The molecule has 2 heterocycles. The molecule has 180 valence electrons. The molecule has 2 aliphatic heterocycles. The molecule has 2 aromatic carbocycles. The number of benzene rings is 2. The molecule has 0 spiro atoms. The van der Waals surface area contributed by atoms with Crippen molar-refractivity contribution in [2.24, 2.45) is 10.9 Å². The highest BCUT2D eigenvalue weighted by Gasteiger charge is 2.29. The Hall–Kier alpha value is -2.07. The first-order chi connectivity index (χ1) is 15.6. The van der Waals surface area contributed by atoms with Crippen LogP contribution < -0.4 is 15.0 Å². The lowest BCUT2D eigenvalue weighted by Crippen LogP contribution is -2.51. The summed E-state index contributed by atoms with van der Waals surface area (Å²) in [7, 11) is 3.53. The molecule has 0 bridgehead atoms. The maximum absolute atomic E-state index is 13.3. The molecule has 6 nitrogen and oxygen atoms in total. The SMILES string of the molecule is CN=C(NCC1CCN(c2cccc(OC)c2)C1)N1CC(C)OC(c2ccc(F)cc2)C1.I. The summed E-state index contributed by atoms with van der Waals surface area (Å²) in [6, 6.07) is 14.8. The second-order valence-corrected chi connectivity index (χ2v) is 8.62. The van der Waals surface area contributed by atoms with Crippen molar-refractivity contribution in [1.29, 1.82) is 0 Å². The maximum atomic E-state index is 13.3. The second-order valence-electron chi connectivity index (χ2n) is 8.62. The minimum absolute atomic E-state index is 0. The number of nitrogens with one attached hydrogen (secondary N) is 1. The number of hydrogen-bond acceptors (Lipinski definition) is 4. The van der Waals surface area contributed by atoms with Crippen LogP contribution in [0.25, 0.3) is 0 Å². The Labute approximate surface area is 213 Å². The Morgan fingerprint density at radius 2 is 1.97 bits per heavy atom. The van der Waals surface area contributed by atoms with E-state index in [4.69, 9.17) is 9.47 Å². The maximum Gasteiger partial charge on any atom is 0.193 e. The van der Waals surface area contributed by atoms with Crippen LogP contribution in [0.15, 0.2) is 53.5 Å². The Balaban J connectivity index is 0.00000306. The summed E-state index contributed by atoms with van der Waals surface area (Å²) in [5.41, 5.74) is 2.20. The molecule has 2 aliphatic rings. The summed E-state index contributed by atoms with van der Waals surface area (Å²) in [6.45, 7) is 6.46. The van der Waals surface area contributed by atoms with Gasteiger partial charge in [-0.05, 0) is 49.1 Å². The summed E-state index contributed by atoms with van der Waals surface area (Å²) in [5.74, 6) is 2.10. The molecule has 2 aromatic rings. The summed E-state index contributed by atoms with van der Waals surface area (Å²) >= 11 is 0. The summed E-state index contributed by atoms with van der Waals surface area (Å²) in [6.07, 6.45) is 1.10. The fraction of sp³-hybridized carbons (Fsp3) is 0.480. The number of hydrogen-bond donors (Lipinski definition) is 1. The number of ether oxygens (including phenoxy) is 2. The molecule has 0 aromatic heterocycles. The Kier molecular flexibility index (Phi) is 9.19. The first-order valence-electron chi connectivity index (χ1n) is 11.3. The fourth-order valence-corrected chi connectivity index (χ4v) is 4.59. The highest BCUT2D eigenvalue weighted by molar-refractivity contribution is 14.0. The van der Waals surface area contributed by atoms with Crippen molar-refractivity contribution in [2.75, 3.05) is 51.8 Å². The standard InChI is InChI=1S/C25H33FN4O2.HI/c1-18-15-30(17-24(32-18)20-7-9-21(26)10-8-20)25(27-2)28-14-19-11-12-29(16-19)22-5-4-6-23(13-22)31-3;/h4-10,13,18-19,24H,11-12,14-17H2,1-3H3,(H,27,28);1H. The fourth-order valence-electron chi connectivity index (χ4n) is 4.59. The van der Waals surface area contributed by atoms with Crippen molar-refractivity contribution in [2.45, 2.75) is 25.6 Å². The van der Waals surface area contributed by atoms with Crippen LogP contribution in [0.3, 0.4) is 0 Å². The van der Waals surface area contributed by atoms with Crippen molar-refractivity contribution in [3.8, 4) is 5.75 Å². The zero-order chi connectivity index (χ0) is 22.5. The van der Waals surface area contributed by atoms with Crippen molar-refractivity contribution in [3.05, 3.63) is 59.9 Å². The van der Waals surface area contributed by atoms with E-state index in [1.54, 1.807) is 19.2 Å². The first kappa shape index (κ1) is 25.6. The van der Waals surface area contributed by atoms with E-state index in [9.17, 15) is 4.39 Å². The number of anilines is 1. The van der Waals surface area contributed by atoms with Crippen molar-refractivity contribution in [1.82, 2.24) is 10.2 Å². The van der Waals surface area contributed by atoms with Gasteiger partial charge in [0.05, 0.1) is 19.8 Å². The zero-order valence-electron chi connectivity index (χ0n) is 19.5. The molecule has 2 fully saturated rings. The average Bonchev–Trinajstić information content (AvgIpc) is 3.29. The van der Waals surface area contributed by atoms with Crippen molar-refractivity contribution in [3.63, 3.8) is 0 Å². The van der Waals surface area contributed by atoms with Crippen LogP contribution in [0.2, 0.25) is 0 Å². The molecule has 2 saturated heterocycles. The van der Waals surface area contributed by atoms with E-state index in [1.807, 2.05) is 19.2 Å². The molecule has 8 heteroatoms. The minimum atomic E-state index is -0.230. The van der Waals surface area contributed by atoms with Crippen LogP contribution in [-0.4, -0.2) is 63.8 Å². The van der Waals surface area contributed by atoms with Gasteiger partial charge in [0.15, 0.2) is 5.96 Å². The van der Waals surface area contributed by atoms with Gasteiger partial charge in [0, 0.05) is 45.0 Å². The molecule has 0 aliphatic carbocycles. The van der Waals surface area contributed by atoms with Crippen LogP contribution in [0.1, 0.15) is 25.0 Å². The molecule has 0 saturated carbocycles. The largest absolute Gasteiger partial charge is 0.497 e. The lowest BCUT2D eigenvalue weighted by atomic mass is 10.1. The lowest BCUT2D eigenvalue weighted by Gasteiger charge is -2.39. The molecule has 3 atom stereocenters. The molecule has 3 unspecified atom stereocenters. The smallest absolute Gasteiger partial charge is 0.193 e. The molecule has 4 rings (SSSR count). The topological polar surface area (TPSA) is 49.3 Å². The molecule has 0 radical (unpaired) electrons. The first-order valence-corrected chi connectivity index (χ1v) is 11.3. The van der Waals surface area contributed by atoms with Crippen LogP contribution in [0.4, 0.5) is 10.1 Å². The van der Waals surface area contributed by atoms with Gasteiger partial charge in [-0.3, -0.25) is 4.99 Å². The highest BCUT2D eigenvalue weighted by atomic mass is 127. The van der Waals surface area contributed by atoms with Gasteiger partial charge in [-0.25, -0.2) is 4.39 Å². The van der Waals surface area contributed by atoms with Crippen LogP contribution in [-0.2, 0) is 4.74 Å². The van der Waals surface area contributed by atoms with Gasteiger partial charge in [-0.2, -0.15) is 0 Å². The lowest BCUT2D eigenvalue weighted by molar-refractivity contribution is -0.0605. The number of rotatable bonds is 5. The normalized spacial score (nSPS) is 23.3. The van der Waals surface area contributed by atoms with E-state index >= 15 is 0 Å². The van der Waals surface area contributed by atoms with Crippen molar-refractivity contribution >= 4 is 35.6 Å². The number of nitrogens with zero attached hydrogens (tertiary/aromatic N) is 3. The molecular weight excluding hydrogens is 534 g/mol. The molecule has 0 amide bonds. The monoisotopic (exact) mass is 568 g/mol. The van der Waals surface area contributed by atoms with Crippen LogP contribution in [0.5, 0.6) is 5.75 Å². The quantitative estimate of drug-likeness (QED) is 0.331. The third-order valence-corrected chi connectivity index (χ3v) is 6.27. The van der Waals surface area contributed by atoms with E-state index in [1.165, 1.54) is 17.8 Å². The van der Waals surface area contributed by atoms with Gasteiger partial charge in [0.25, 0.3) is 0 Å². The van der Waals surface area contributed by atoms with E-state index in [-0.39, 0.29) is 42.0 Å². The average molecular weight is 568 g/mol. The van der Waals surface area contributed by atoms with E-state index in [2.05, 4.69) is 39.2 Å². The number of methoxy groups -OCH3 is 1. The van der Waals surface area contributed by atoms with Crippen LogP contribution in [0, 0.1) is 11.7 Å². The van der Waals surface area contributed by atoms with Gasteiger partial charge in [0.2, 0.25) is 0 Å². The number of morpholine rings is 1. The van der Waals surface area contributed by atoms with E-state index < -0.39 is 0 Å². The third-order valence-electron chi connectivity index (χ3n) is 6.27. The number of halogens is 2. The van der Waals surface area contributed by atoms with Gasteiger partial charge < -0.3 is 24.6 Å². The summed E-state index contributed by atoms with van der Waals surface area (Å²) < 4.78 is 24.8.